The number of rotatable bonds is 4. The molecule has 4 N–H and O–H groups in total. The number of hydrogen-bond acceptors (Lipinski definition) is 7. The number of amides is 1. The first kappa shape index (κ1) is 20.7. The summed E-state index contributed by atoms with van der Waals surface area (Å²) in [6.45, 7) is 0.326. The first-order chi connectivity index (χ1) is 12.8. The summed E-state index contributed by atoms with van der Waals surface area (Å²) in [7, 11) is -3.84. The van der Waals surface area contributed by atoms with Crippen LogP contribution in [-0.4, -0.2) is 31.0 Å². The van der Waals surface area contributed by atoms with Gasteiger partial charge in [-0.2, -0.15) is 4.98 Å². The number of sulfonamides is 1. The van der Waals surface area contributed by atoms with Gasteiger partial charge in [0.15, 0.2) is 5.82 Å². The van der Waals surface area contributed by atoms with Gasteiger partial charge in [-0.15, -0.1) is 12.4 Å². The summed E-state index contributed by atoms with van der Waals surface area (Å²) in [5.41, 5.74) is 6.29. The van der Waals surface area contributed by atoms with Crippen molar-refractivity contribution in [2.24, 2.45) is 10.9 Å². The van der Waals surface area contributed by atoms with E-state index in [1.165, 1.54) is 17.0 Å². The highest BCUT2D eigenvalue weighted by Gasteiger charge is 2.39. The fourth-order valence-corrected chi connectivity index (χ4v) is 4.34. The number of anilines is 1. The maximum Gasteiger partial charge on any atom is 0.238 e. The Hall–Kier alpha value is -2.01. The van der Waals surface area contributed by atoms with Crippen molar-refractivity contribution in [3.8, 4) is 0 Å². The van der Waals surface area contributed by atoms with E-state index in [4.69, 9.17) is 15.4 Å². The lowest BCUT2D eigenvalue weighted by Gasteiger charge is -2.18. The van der Waals surface area contributed by atoms with E-state index in [9.17, 15) is 13.2 Å². The molecule has 152 valence electrons. The van der Waals surface area contributed by atoms with Crippen molar-refractivity contribution in [1.29, 1.82) is 0 Å². The molecule has 1 amide bonds. The van der Waals surface area contributed by atoms with Gasteiger partial charge in [0.1, 0.15) is 0 Å². The lowest BCUT2D eigenvalue weighted by molar-refractivity contribution is -0.117. The molecule has 1 aromatic heterocycles. The van der Waals surface area contributed by atoms with Crippen LogP contribution in [0, 0.1) is 0 Å². The van der Waals surface area contributed by atoms with Crippen molar-refractivity contribution in [2.75, 3.05) is 11.4 Å². The second-order valence-corrected chi connectivity index (χ2v) is 8.83. The van der Waals surface area contributed by atoms with Gasteiger partial charge >= 0.3 is 0 Å². The van der Waals surface area contributed by atoms with Gasteiger partial charge in [-0.3, -0.25) is 4.79 Å². The second-order valence-electron chi connectivity index (χ2n) is 7.27. The molecule has 1 aromatic carbocycles. The van der Waals surface area contributed by atoms with Gasteiger partial charge < -0.3 is 15.2 Å². The average molecular weight is 428 g/mol. The van der Waals surface area contributed by atoms with Crippen LogP contribution in [0.2, 0.25) is 0 Å². The Kier molecular flexibility index (Phi) is 5.50. The number of nitrogens with two attached hydrogens (primary N) is 2. The van der Waals surface area contributed by atoms with E-state index < -0.39 is 15.6 Å². The van der Waals surface area contributed by atoms with Crippen LogP contribution in [0.4, 0.5) is 5.69 Å². The Morgan fingerprint density at radius 2 is 1.96 bits per heavy atom. The van der Waals surface area contributed by atoms with Gasteiger partial charge in [0.2, 0.25) is 21.8 Å². The smallest absolute Gasteiger partial charge is 0.238 e. The molecule has 2 heterocycles. The topological polar surface area (TPSA) is 145 Å². The monoisotopic (exact) mass is 427 g/mol. The number of hydrogen-bond donors (Lipinski definition) is 2. The molecule has 1 saturated carbocycles. The zero-order chi connectivity index (χ0) is 19.2. The molecule has 11 heteroatoms. The number of aromatic nitrogens is 2. The molecular weight excluding hydrogens is 406 g/mol. The Morgan fingerprint density at radius 1 is 1.25 bits per heavy atom. The zero-order valence-electron chi connectivity index (χ0n) is 15.1. The molecule has 0 bridgehead atoms. The van der Waals surface area contributed by atoms with Crippen LogP contribution in [0.25, 0.3) is 0 Å². The normalized spacial score (nSPS) is 21.7. The van der Waals surface area contributed by atoms with Gasteiger partial charge in [-0.1, -0.05) is 24.1 Å². The minimum atomic E-state index is -3.84. The second kappa shape index (κ2) is 7.43. The van der Waals surface area contributed by atoms with Crippen LogP contribution in [0.5, 0.6) is 0 Å². The van der Waals surface area contributed by atoms with Crippen LogP contribution in [0.15, 0.2) is 33.7 Å². The first-order valence-electron chi connectivity index (χ1n) is 8.82. The number of nitrogens with zero attached hydrogens (tertiary/aromatic N) is 3. The number of halogens is 1. The lowest BCUT2D eigenvalue weighted by Crippen LogP contribution is -2.34. The highest BCUT2D eigenvalue weighted by molar-refractivity contribution is 7.89. The van der Waals surface area contributed by atoms with Crippen molar-refractivity contribution in [3.05, 3.63) is 36.0 Å². The van der Waals surface area contributed by atoms with Crippen LogP contribution in [-0.2, 0) is 20.4 Å². The Labute approximate surface area is 168 Å². The summed E-state index contributed by atoms with van der Waals surface area (Å²) in [4.78, 5) is 18.4. The molecule has 1 aliphatic heterocycles. The third-order valence-electron chi connectivity index (χ3n) is 5.31. The van der Waals surface area contributed by atoms with Crippen molar-refractivity contribution in [1.82, 2.24) is 10.1 Å². The van der Waals surface area contributed by atoms with Crippen molar-refractivity contribution in [2.45, 2.75) is 48.5 Å². The molecule has 1 atom stereocenters. The molecule has 1 aliphatic carbocycles. The van der Waals surface area contributed by atoms with E-state index in [0.29, 0.717) is 23.9 Å². The molecule has 0 radical (unpaired) electrons. The summed E-state index contributed by atoms with van der Waals surface area (Å²) in [6.07, 6.45) is 3.93. The van der Waals surface area contributed by atoms with Crippen molar-refractivity contribution < 1.29 is 17.7 Å². The third-order valence-corrected chi connectivity index (χ3v) is 6.23. The van der Waals surface area contributed by atoms with Crippen molar-refractivity contribution >= 4 is 34.0 Å². The average Bonchev–Trinajstić information content (AvgIpc) is 3.34. The van der Waals surface area contributed by atoms with E-state index >= 15 is 0 Å². The number of carbonyl (C=O) groups is 1. The predicted molar refractivity (Wildman–Crippen MR) is 103 cm³/mol. The molecule has 2 aromatic rings. The Balaban J connectivity index is 0.00000225. The fourth-order valence-electron chi connectivity index (χ4n) is 3.78. The molecular formula is C17H22ClN5O4S. The predicted octanol–water partition coefficient (Wildman–Crippen LogP) is 1.39. The Morgan fingerprint density at radius 3 is 2.64 bits per heavy atom. The molecule has 28 heavy (non-hydrogen) atoms. The van der Waals surface area contributed by atoms with Gasteiger partial charge in [0, 0.05) is 18.7 Å². The van der Waals surface area contributed by atoms with Gasteiger partial charge in [0.25, 0.3) is 0 Å². The molecule has 4 rings (SSSR count). The van der Waals surface area contributed by atoms with E-state index in [2.05, 4.69) is 10.1 Å². The van der Waals surface area contributed by atoms with Crippen LogP contribution < -0.4 is 15.8 Å². The third kappa shape index (κ3) is 3.77. The van der Waals surface area contributed by atoms with Gasteiger partial charge in [0.05, 0.1) is 16.4 Å². The summed E-state index contributed by atoms with van der Waals surface area (Å²) in [5, 5.41) is 9.22. The summed E-state index contributed by atoms with van der Waals surface area (Å²) >= 11 is 0. The molecule has 2 aliphatic rings. The lowest BCUT2D eigenvalue weighted by atomic mass is 9.98. The van der Waals surface area contributed by atoms with Gasteiger partial charge in [-0.25, -0.2) is 13.6 Å². The fraction of sp³-hybridized carbons (Fsp3) is 0.471. The number of carbonyl (C=O) groups excluding carboxylic acids is 1. The van der Waals surface area contributed by atoms with E-state index in [-0.39, 0.29) is 35.5 Å². The minimum absolute atomic E-state index is 0. The van der Waals surface area contributed by atoms with E-state index in [1.54, 1.807) is 12.1 Å². The first-order valence-corrected chi connectivity index (χ1v) is 10.4. The summed E-state index contributed by atoms with van der Waals surface area (Å²) in [6, 6.07) is 6.01. The van der Waals surface area contributed by atoms with E-state index in [0.717, 1.165) is 25.7 Å². The number of primary sulfonamides is 1. The van der Waals surface area contributed by atoms with Crippen LogP contribution in [0.3, 0.4) is 0 Å². The highest BCUT2D eigenvalue weighted by atomic mass is 35.5. The summed E-state index contributed by atoms with van der Waals surface area (Å²) < 4.78 is 28.5. The zero-order valence-corrected chi connectivity index (χ0v) is 16.7. The quantitative estimate of drug-likeness (QED) is 0.749. The molecule has 2 fully saturated rings. The molecule has 1 unspecified atom stereocenters. The maximum absolute atomic E-state index is 12.5. The largest absolute Gasteiger partial charge is 0.339 e. The molecule has 9 nitrogen and oxygen atoms in total. The van der Waals surface area contributed by atoms with Crippen LogP contribution in [0.1, 0.15) is 49.7 Å². The standard InChI is InChI=1S/C17H21N5O4S.ClH/c18-17(6-1-2-7-17)16-20-15(26-21-16)11-8-14(23)22(10-11)12-4-3-5-13(9-12)27(19,24)25;/h3-5,9,11H,1-2,6-8,10,18H2,(H2,19,24,25);1H. The highest BCUT2D eigenvalue weighted by Crippen LogP contribution is 2.37. The van der Waals surface area contributed by atoms with Gasteiger partial charge in [-0.05, 0) is 31.0 Å². The van der Waals surface area contributed by atoms with E-state index in [1.807, 2.05) is 0 Å². The number of benzene rings is 1. The summed E-state index contributed by atoms with van der Waals surface area (Å²) in [5.74, 6) is 0.480. The molecule has 1 saturated heterocycles. The van der Waals surface area contributed by atoms with Crippen molar-refractivity contribution in [3.63, 3.8) is 0 Å². The minimum Gasteiger partial charge on any atom is -0.339 e. The maximum atomic E-state index is 12.5. The SMILES string of the molecule is Cl.NC1(c2noc(C3CC(=O)N(c4cccc(S(N)(=O)=O)c4)C3)n2)CCCC1. The Bertz CT molecular complexity index is 987. The van der Waals surface area contributed by atoms with Crippen LogP contribution >= 0.6 is 12.4 Å². The molecule has 0 spiro atoms.